The first-order valence-corrected chi connectivity index (χ1v) is 8.77. The Morgan fingerprint density at radius 2 is 2.25 bits per heavy atom. The molecule has 4 nitrogen and oxygen atoms in total. The highest BCUT2D eigenvalue weighted by Crippen LogP contribution is 2.55. The van der Waals surface area contributed by atoms with Crippen LogP contribution in [0.5, 0.6) is 0 Å². The molecule has 0 aromatic heterocycles. The minimum Gasteiger partial charge on any atom is -0.369 e. The van der Waals surface area contributed by atoms with Gasteiger partial charge in [0.15, 0.2) is 0 Å². The number of carbonyl (C=O) groups is 1. The summed E-state index contributed by atoms with van der Waals surface area (Å²) in [6.45, 7) is 4.13. The van der Waals surface area contributed by atoms with E-state index < -0.39 is 0 Å². The number of benzene rings is 1. The molecular weight excluding hydrogens is 307 g/mol. The van der Waals surface area contributed by atoms with E-state index in [9.17, 15) is 9.18 Å². The van der Waals surface area contributed by atoms with Crippen molar-refractivity contribution < 1.29 is 13.9 Å². The Labute approximate surface area is 142 Å². The molecule has 5 heteroatoms. The maximum Gasteiger partial charge on any atom is 0.253 e. The molecule has 3 heterocycles. The zero-order valence-corrected chi connectivity index (χ0v) is 14.6. The number of nitrogens with zero attached hydrogens (tertiary/aromatic N) is 2. The van der Waals surface area contributed by atoms with Crippen LogP contribution in [0.3, 0.4) is 0 Å². The maximum absolute atomic E-state index is 13.5. The summed E-state index contributed by atoms with van der Waals surface area (Å²) in [5.74, 6) is 0.652. The number of halogens is 1. The smallest absolute Gasteiger partial charge is 0.253 e. The van der Waals surface area contributed by atoms with Crippen LogP contribution in [0, 0.1) is 24.6 Å². The average Bonchev–Trinajstić information content (AvgIpc) is 3.18. The van der Waals surface area contributed by atoms with Crippen molar-refractivity contribution in [3.63, 3.8) is 0 Å². The van der Waals surface area contributed by atoms with Gasteiger partial charge in [0.05, 0.1) is 18.2 Å². The number of hydrogen-bond acceptors (Lipinski definition) is 3. The predicted molar refractivity (Wildman–Crippen MR) is 89.4 cm³/mol. The number of hydrogen-bond donors (Lipinski definition) is 0. The van der Waals surface area contributed by atoms with Gasteiger partial charge in [0.25, 0.3) is 5.91 Å². The van der Waals surface area contributed by atoms with Gasteiger partial charge >= 0.3 is 0 Å². The van der Waals surface area contributed by atoms with E-state index in [-0.39, 0.29) is 17.3 Å². The number of amides is 1. The summed E-state index contributed by atoms with van der Waals surface area (Å²) in [6.07, 6.45) is 2.51. The summed E-state index contributed by atoms with van der Waals surface area (Å²) in [7, 11) is 4.19. The summed E-state index contributed by atoms with van der Waals surface area (Å²) in [4.78, 5) is 17.0. The summed E-state index contributed by atoms with van der Waals surface area (Å²) < 4.78 is 19.8. The normalized spacial score (nSPS) is 34.2. The van der Waals surface area contributed by atoms with E-state index in [1.165, 1.54) is 6.07 Å². The Hall–Kier alpha value is -1.46. The summed E-state index contributed by atoms with van der Waals surface area (Å²) >= 11 is 0. The lowest BCUT2D eigenvalue weighted by Gasteiger charge is -2.30. The van der Waals surface area contributed by atoms with Crippen LogP contribution < -0.4 is 0 Å². The van der Waals surface area contributed by atoms with Crippen LogP contribution in [0.2, 0.25) is 0 Å². The fraction of sp³-hybridized carbons (Fsp3) is 0.632. The monoisotopic (exact) mass is 332 g/mol. The molecule has 0 saturated carbocycles. The lowest BCUT2D eigenvalue weighted by Crippen LogP contribution is -2.40. The van der Waals surface area contributed by atoms with Crippen molar-refractivity contribution in [2.45, 2.75) is 31.5 Å². The van der Waals surface area contributed by atoms with Crippen LogP contribution in [-0.4, -0.2) is 61.1 Å². The Balaban J connectivity index is 1.55. The zero-order valence-electron chi connectivity index (χ0n) is 14.6. The predicted octanol–water partition coefficient (Wildman–Crippen LogP) is 2.32. The van der Waals surface area contributed by atoms with Crippen molar-refractivity contribution >= 4 is 5.91 Å². The van der Waals surface area contributed by atoms with Crippen molar-refractivity contribution in [2.75, 3.05) is 33.7 Å². The van der Waals surface area contributed by atoms with Crippen LogP contribution in [-0.2, 0) is 4.74 Å². The second kappa shape index (κ2) is 5.53. The molecule has 1 spiro atoms. The molecule has 4 rings (SSSR count). The number of likely N-dealkylation sites (tertiary alicyclic amines) is 1. The molecule has 0 unspecified atom stereocenters. The molecule has 3 fully saturated rings. The molecule has 1 amide bonds. The van der Waals surface area contributed by atoms with Gasteiger partial charge in [0, 0.05) is 30.5 Å². The van der Waals surface area contributed by atoms with E-state index in [4.69, 9.17) is 4.74 Å². The number of aryl methyl sites for hydroxylation is 1. The van der Waals surface area contributed by atoms with Crippen LogP contribution in [0.25, 0.3) is 0 Å². The molecule has 130 valence electrons. The molecule has 0 radical (unpaired) electrons. The Kier molecular flexibility index (Phi) is 3.69. The number of rotatable bonds is 3. The van der Waals surface area contributed by atoms with Gasteiger partial charge in [0.2, 0.25) is 0 Å². The maximum atomic E-state index is 13.5. The largest absolute Gasteiger partial charge is 0.369 e. The Bertz CT molecular complexity index is 677. The molecule has 3 aliphatic rings. The Morgan fingerprint density at radius 1 is 1.46 bits per heavy atom. The number of ether oxygens (including phenoxy) is 1. The molecule has 3 aliphatic heterocycles. The molecular formula is C19H25FN2O2. The van der Waals surface area contributed by atoms with Gasteiger partial charge in [-0.05, 0) is 57.6 Å². The van der Waals surface area contributed by atoms with E-state index in [1.54, 1.807) is 19.1 Å². The van der Waals surface area contributed by atoms with Crippen molar-refractivity contribution in [2.24, 2.45) is 11.8 Å². The molecule has 0 aliphatic carbocycles. The van der Waals surface area contributed by atoms with E-state index in [1.807, 2.05) is 4.90 Å². The fourth-order valence-corrected chi connectivity index (χ4v) is 4.97. The molecule has 2 bridgehead atoms. The van der Waals surface area contributed by atoms with Gasteiger partial charge in [-0.3, -0.25) is 4.79 Å². The third-order valence-electron chi connectivity index (χ3n) is 6.05. The molecule has 24 heavy (non-hydrogen) atoms. The average molecular weight is 332 g/mol. The van der Waals surface area contributed by atoms with Crippen LogP contribution in [0.15, 0.2) is 18.2 Å². The van der Waals surface area contributed by atoms with Gasteiger partial charge in [-0.25, -0.2) is 4.39 Å². The highest BCUT2D eigenvalue weighted by molar-refractivity contribution is 5.94. The van der Waals surface area contributed by atoms with E-state index >= 15 is 0 Å². The minimum atomic E-state index is -0.267. The first-order valence-electron chi connectivity index (χ1n) is 8.77. The molecule has 1 aromatic rings. The third-order valence-corrected chi connectivity index (χ3v) is 6.05. The third kappa shape index (κ3) is 2.37. The molecule has 4 atom stereocenters. The van der Waals surface area contributed by atoms with E-state index in [2.05, 4.69) is 19.0 Å². The lowest BCUT2D eigenvalue weighted by molar-refractivity contribution is 0.00256. The van der Waals surface area contributed by atoms with Crippen molar-refractivity contribution in [1.82, 2.24) is 9.80 Å². The summed E-state index contributed by atoms with van der Waals surface area (Å²) in [6, 6.07) is 4.62. The highest BCUT2D eigenvalue weighted by Gasteiger charge is 2.63. The summed E-state index contributed by atoms with van der Waals surface area (Å²) in [5.41, 5.74) is 0.945. The fourth-order valence-electron chi connectivity index (χ4n) is 4.97. The lowest BCUT2D eigenvalue weighted by atomic mass is 9.73. The van der Waals surface area contributed by atoms with E-state index in [0.29, 0.717) is 35.6 Å². The van der Waals surface area contributed by atoms with Gasteiger partial charge in [0.1, 0.15) is 5.82 Å². The van der Waals surface area contributed by atoms with Gasteiger partial charge in [-0.15, -0.1) is 0 Å². The Morgan fingerprint density at radius 3 is 2.96 bits per heavy atom. The number of fused-ring (bicyclic) bond motifs is 1. The first-order chi connectivity index (χ1) is 11.4. The molecule has 3 saturated heterocycles. The topological polar surface area (TPSA) is 32.8 Å². The first kappa shape index (κ1) is 16.0. The van der Waals surface area contributed by atoms with Crippen molar-refractivity contribution in [3.8, 4) is 0 Å². The van der Waals surface area contributed by atoms with Gasteiger partial charge in [-0.2, -0.15) is 0 Å². The van der Waals surface area contributed by atoms with Crippen molar-refractivity contribution in [3.05, 3.63) is 35.1 Å². The van der Waals surface area contributed by atoms with Crippen LogP contribution >= 0.6 is 0 Å². The number of carbonyl (C=O) groups excluding carboxylic acids is 1. The highest BCUT2D eigenvalue weighted by atomic mass is 19.1. The molecule has 0 N–H and O–H groups in total. The SMILES string of the molecule is Cc1cc(C(=O)N2C[C@@H]3[C@H](CN(C)C)[C@H]4CC[C@]3(C2)O4)ccc1F. The van der Waals surface area contributed by atoms with Gasteiger partial charge < -0.3 is 14.5 Å². The standard InChI is InChI=1S/C19H25FN2O2/c1-12-8-13(4-5-16(12)20)18(23)22-10-15-14(9-21(2)3)17-6-7-19(15,11-22)24-17/h4-5,8,14-15,17H,6-7,9-11H2,1-3H3/t14-,15+,17+,19+/m0/s1. The second-order valence-corrected chi connectivity index (χ2v) is 7.94. The molecule has 1 aromatic carbocycles. The van der Waals surface area contributed by atoms with Crippen LogP contribution in [0.1, 0.15) is 28.8 Å². The van der Waals surface area contributed by atoms with Crippen molar-refractivity contribution in [1.29, 1.82) is 0 Å². The second-order valence-electron chi connectivity index (χ2n) is 7.94. The summed E-state index contributed by atoms with van der Waals surface area (Å²) in [5, 5.41) is 0. The van der Waals surface area contributed by atoms with Gasteiger partial charge in [-0.1, -0.05) is 0 Å². The zero-order chi connectivity index (χ0) is 17.1. The van der Waals surface area contributed by atoms with Crippen LogP contribution in [0.4, 0.5) is 4.39 Å². The minimum absolute atomic E-state index is 0.00229. The quantitative estimate of drug-likeness (QED) is 0.852. The van der Waals surface area contributed by atoms with E-state index in [0.717, 1.165) is 25.9 Å².